The summed E-state index contributed by atoms with van der Waals surface area (Å²) < 4.78 is 5.94. The van der Waals surface area contributed by atoms with Crippen molar-refractivity contribution in [1.29, 1.82) is 0 Å². The van der Waals surface area contributed by atoms with Gasteiger partial charge in [-0.2, -0.15) is 0 Å². The SMILES string of the molecule is CC(C)[C@@H]1CC[C@@H](C)C[C@H]1OC(=O)c1ccc(N2C(=O)[C@@H]3[C@@H]4CC[C@@H](C4)[C@@H]3C2=O)cc1. The van der Waals surface area contributed by atoms with E-state index in [9.17, 15) is 14.4 Å². The van der Waals surface area contributed by atoms with Gasteiger partial charge in [0.2, 0.25) is 11.8 Å². The van der Waals surface area contributed by atoms with Gasteiger partial charge in [0.05, 0.1) is 23.1 Å². The lowest BCUT2D eigenvalue weighted by molar-refractivity contribution is -0.123. The molecular weight excluding hydrogens is 390 g/mol. The van der Waals surface area contributed by atoms with E-state index in [1.807, 2.05) is 0 Å². The molecular formula is C26H33NO4. The lowest BCUT2D eigenvalue weighted by Gasteiger charge is -2.36. The Balaban J connectivity index is 1.29. The van der Waals surface area contributed by atoms with E-state index in [1.165, 1.54) is 11.3 Å². The van der Waals surface area contributed by atoms with E-state index < -0.39 is 0 Å². The van der Waals surface area contributed by atoms with Crippen molar-refractivity contribution in [1.82, 2.24) is 0 Å². The Morgan fingerprint density at radius 2 is 1.55 bits per heavy atom. The lowest BCUT2D eigenvalue weighted by Crippen LogP contribution is -2.36. The largest absolute Gasteiger partial charge is 0.458 e. The number of amides is 2. The van der Waals surface area contributed by atoms with Crippen molar-refractivity contribution in [3.8, 4) is 0 Å². The second-order valence-electron chi connectivity index (χ2n) is 10.7. The van der Waals surface area contributed by atoms with Crippen LogP contribution in [0.15, 0.2) is 24.3 Å². The average Bonchev–Trinajstić information content (AvgIpc) is 3.42. The molecule has 4 aliphatic rings. The number of anilines is 1. The van der Waals surface area contributed by atoms with Gasteiger partial charge in [-0.25, -0.2) is 4.79 Å². The summed E-state index contributed by atoms with van der Waals surface area (Å²) in [6.45, 7) is 6.61. The minimum atomic E-state index is -0.315. The zero-order chi connectivity index (χ0) is 21.9. The van der Waals surface area contributed by atoms with Crippen molar-refractivity contribution < 1.29 is 19.1 Å². The zero-order valence-corrected chi connectivity index (χ0v) is 18.8. The van der Waals surface area contributed by atoms with Crippen molar-refractivity contribution in [3.63, 3.8) is 0 Å². The van der Waals surface area contributed by atoms with Crippen LogP contribution in [0, 0.1) is 41.4 Å². The molecule has 1 heterocycles. The van der Waals surface area contributed by atoms with Gasteiger partial charge in [-0.15, -0.1) is 0 Å². The molecule has 5 heteroatoms. The summed E-state index contributed by atoms with van der Waals surface area (Å²) in [5.74, 6) is 1.53. The van der Waals surface area contributed by atoms with E-state index in [0.29, 0.717) is 40.8 Å². The van der Waals surface area contributed by atoms with E-state index in [2.05, 4.69) is 20.8 Å². The number of hydrogen-bond acceptors (Lipinski definition) is 4. The first-order valence-electron chi connectivity index (χ1n) is 12.0. The summed E-state index contributed by atoms with van der Waals surface area (Å²) in [5.41, 5.74) is 1.05. The van der Waals surface area contributed by atoms with Gasteiger partial charge in [-0.3, -0.25) is 14.5 Å². The molecule has 0 radical (unpaired) electrons. The summed E-state index contributed by atoms with van der Waals surface area (Å²) in [5, 5.41) is 0. The number of ether oxygens (including phenoxy) is 1. The molecule has 166 valence electrons. The second-order valence-corrected chi connectivity index (χ2v) is 10.7. The van der Waals surface area contributed by atoms with Gasteiger partial charge in [0.25, 0.3) is 0 Å². The van der Waals surface area contributed by atoms with E-state index in [-0.39, 0.29) is 35.7 Å². The highest BCUT2D eigenvalue weighted by Crippen LogP contribution is 2.56. The third-order valence-electron chi connectivity index (χ3n) is 8.51. The summed E-state index contributed by atoms with van der Waals surface area (Å²) in [7, 11) is 0. The molecule has 2 bridgehead atoms. The van der Waals surface area contributed by atoms with Crippen LogP contribution in [0.25, 0.3) is 0 Å². The highest BCUT2D eigenvalue weighted by atomic mass is 16.5. The normalized spacial score (nSPS) is 36.9. The van der Waals surface area contributed by atoms with Gasteiger partial charge in [-0.1, -0.05) is 27.2 Å². The highest BCUT2D eigenvalue weighted by Gasteiger charge is 2.61. The monoisotopic (exact) mass is 423 g/mol. The quantitative estimate of drug-likeness (QED) is 0.513. The molecule has 4 fully saturated rings. The standard InChI is InChI=1S/C26H33NO4/c1-14(2)20-11-4-15(3)12-21(20)31-26(30)16-7-9-19(10-8-16)27-24(28)22-17-5-6-18(13-17)23(22)25(27)29/h7-10,14-15,17-18,20-23H,4-6,11-13H2,1-3H3/t15-,17-,18+,20+,21-,22-,23+/m1/s1. The number of benzene rings is 1. The van der Waals surface area contributed by atoms with Gasteiger partial charge in [0.1, 0.15) is 6.10 Å². The van der Waals surface area contributed by atoms with Gasteiger partial charge < -0.3 is 4.74 Å². The topological polar surface area (TPSA) is 63.7 Å². The Hall–Kier alpha value is -2.17. The number of fused-ring (bicyclic) bond motifs is 5. The summed E-state index contributed by atoms with van der Waals surface area (Å²) in [4.78, 5) is 40.2. The van der Waals surface area contributed by atoms with Crippen molar-refractivity contribution in [2.24, 2.45) is 41.4 Å². The van der Waals surface area contributed by atoms with Gasteiger partial charge >= 0.3 is 5.97 Å². The summed E-state index contributed by atoms with van der Waals surface area (Å²) in [6, 6.07) is 6.83. The number of esters is 1. The van der Waals surface area contributed by atoms with Crippen LogP contribution in [-0.4, -0.2) is 23.9 Å². The predicted molar refractivity (Wildman–Crippen MR) is 117 cm³/mol. The second kappa shape index (κ2) is 7.75. The van der Waals surface area contributed by atoms with Crippen LogP contribution >= 0.6 is 0 Å². The molecule has 0 N–H and O–H groups in total. The zero-order valence-electron chi connectivity index (χ0n) is 18.8. The van der Waals surface area contributed by atoms with Gasteiger partial charge in [0.15, 0.2) is 0 Å². The number of nitrogens with zero attached hydrogens (tertiary/aromatic N) is 1. The van der Waals surface area contributed by atoms with Crippen LogP contribution in [0.4, 0.5) is 5.69 Å². The number of rotatable bonds is 4. The Morgan fingerprint density at radius 1 is 0.935 bits per heavy atom. The van der Waals surface area contributed by atoms with E-state index in [1.54, 1.807) is 24.3 Å². The van der Waals surface area contributed by atoms with Crippen LogP contribution in [0.5, 0.6) is 0 Å². The van der Waals surface area contributed by atoms with Crippen LogP contribution in [0.2, 0.25) is 0 Å². The summed E-state index contributed by atoms with van der Waals surface area (Å²) in [6.07, 6.45) is 6.32. The number of hydrogen-bond donors (Lipinski definition) is 0. The molecule has 31 heavy (non-hydrogen) atoms. The molecule has 3 aliphatic carbocycles. The number of carbonyl (C=O) groups excluding carboxylic acids is 3. The van der Waals surface area contributed by atoms with Crippen LogP contribution in [0.3, 0.4) is 0 Å². The molecule has 0 unspecified atom stereocenters. The minimum absolute atomic E-state index is 0.0477. The van der Waals surface area contributed by atoms with Crippen LogP contribution in [-0.2, 0) is 14.3 Å². The maximum atomic E-state index is 13.0. The van der Waals surface area contributed by atoms with E-state index >= 15 is 0 Å². The molecule has 3 saturated carbocycles. The van der Waals surface area contributed by atoms with Gasteiger partial charge in [0, 0.05) is 0 Å². The summed E-state index contributed by atoms with van der Waals surface area (Å²) >= 11 is 0. The van der Waals surface area contributed by atoms with E-state index in [0.717, 1.165) is 32.1 Å². The van der Waals surface area contributed by atoms with Crippen LogP contribution in [0.1, 0.15) is 69.7 Å². The smallest absolute Gasteiger partial charge is 0.338 e. The highest BCUT2D eigenvalue weighted by molar-refractivity contribution is 6.22. The van der Waals surface area contributed by atoms with Crippen LogP contribution < -0.4 is 4.90 Å². The molecule has 5 nitrogen and oxygen atoms in total. The fourth-order valence-electron chi connectivity index (χ4n) is 6.87. The molecule has 1 aromatic carbocycles. The van der Waals surface area contributed by atoms with Crippen molar-refractivity contribution >= 4 is 23.5 Å². The van der Waals surface area contributed by atoms with Crippen molar-refractivity contribution in [2.45, 2.75) is 65.4 Å². The molecule has 1 saturated heterocycles. The first-order valence-corrected chi connectivity index (χ1v) is 12.0. The minimum Gasteiger partial charge on any atom is -0.458 e. The maximum Gasteiger partial charge on any atom is 0.338 e. The Bertz CT molecular complexity index is 863. The molecule has 7 atom stereocenters. The van der Waals surface area contributed by atoms with Gasteiger partial charge in [-0.05, 0) is 86.0 Å². The Morgan fingerprint density at radius 3 is 2.13 bits per heavy atom. The fraction of sp³-hybridized carbons (Fsp3) is 0.654. The van der Waals surface area contributed by atoms with Crippen molar-refractivity contribution in [3.05, 3.63) is 29.8 Å². The molecule has 0 aromatic heterocycles. The first kappa shape index (κ1) is 20.7. The average molecular weight is 424 g/mol. The predicted octanol–water partition coefficient (Wildman–Crippen LogP) is 4.84. The molecule has 0 spiro atoms. The lowest BCUT2D eigenvalue weighted by atomic mass is 9.75. The fourth-order valence-corrected chi connectivity index (χ4v) is 6.87. The maximum absolute atomic E-state index is 13.0. The first-order chi connectivity index (χ1) is 14.8. The number of imide groups is 1. The van der Waals surface area contributed by atoms with E-state index in [4.69, 9.17) is 4.74 Å². The molecule has 2 amide bonds. The molecule has 1 aromatic rings. The third kappa shape index (κ3) is 3.41. The third-order valence-corrected chi connectivity index (χ3v) is 8.51. The number of carbonyl (C=O) groups is 3. The molecule has 1 aliphatic heterocycles. The Labute approximate surface area is 184 Å². The Kier molecular flexibility index (Phi) is 5.18. The van der Waals surface area contributed by atoms with Crippen molar-refractivity contribution in [2.75, 3.05) is 4.90 Å². The molecule has 5 rings (SSSR count).